The van der Waals surface area contributed by atoms with E-state index in [1.807, 2.05) is 0 Å². The van der Waals surface area contributed by atoms with Gasteiger partial charge in [0.25, 0.3) is 0 Å². The van der Waals surface area contributed by atoms with Gasteiger partial charge in [-0.3, -0.25) is 0 Å². The second kappa shape index (κ2) is 4.58. The monoisotopic (exact) mass is 236 g/mol. The summed E-state index contributed by atoms with van der Waals surface area (Å²) in [7, 11) is 0. The van der Waals surface area contributed by atoms with E-state index in [9.17, 15) is 10.2 Å². The molecule has 2 aliphatic rings. The zero-order valence-electron chi connectivity index (χ0n) is 10.9. The smallest absolute Gasteiger partial charge is 0.0658 e. The van der Waals surface area contributed by atoms with Gasteiger partial charge in [0, 0.05) is 5.41 Å². The molecular weight excluding hydrogens is 212 g/mol. The molecule has 2 heteroatoms. The molecule has 0 aromatic rings. The average molecular weight is 236 g/mol. The molecule has 2 nitrogen and oxygen atoms in total. The van der Waals surface area contributed by atoms with E-state index in [4.69, 9.17) is 0 Å². The molecule has 2 N–H and O–H groups in total. The predicted octanol–water partition coefficient (Wildman–Crippen LogP) is 2.67. The zero-order valence-corrected chi connectivity index (χ0v) is 10.9. The Kier molecular flexibility index (Phi) is 3.46. The first-order valence-corrected chi connectivity index (χ1v) is 6.62. The van der Waals surface area contributed by atoms with E-state index in [-0.39, 0.29) is 18.1 Å². The molecule has 1 saturated carbocycles. The van der Waals surface area contributed by atoms with Crippen molar-refractivity contribution >= 4 is 0 Å². The Balaban J connectivity index is 2.29. The SMILES string of the molecule is C=C(C)C1CCC2(CO)C(O)CC=C(C)C2C1. The van der Waals surface area contributed by atoms with Gasteiger partial charge in [0.15, 0.2) is 0 Å². The van der Waals surface area contributed by atoms with Gasteiger partial charge >= 0.3 is 0 Å². The van der Waals surface area contributed by atoms with E-state index in [1.165, 1.54) is 11.1 Å². The van der Waals surface area contributed by atoms with Crippen molar-refractivity contribution in [3.05, 3.63) is 23.8 Å². The number of aliphatic hydroxyl groups excluding tert-OH is 2. The lowest BCUT2D eigenvalue weighted by Gasteiger charge is -2.51. The third-order valence-corrected chi connectivity index (χ3v) is 5.04. The lowest BCUT2D eigenvalue weighted by atomic mass is 9.55. The van der Waals surface area contributed by atoms with E-state index in [0.29, 0.717) is 18.3 Å². The second-order valence-corrected chi connectivity index (χ2v) is 5.96. The van der Waals surface area contributed by atoms with E-state index < -0.39 is 0 Å². The lowest BCUT2D eigenvalue weighted by molar-refractivity contribution is -0.0823. The molecule has 2 rings (SSSR count). The van der Waals surface area contributed by atoms with Gasteiger partial charge in [-0.25, -0.2) is 0 Å². The van der Waals surface area contributed by atoms with Gasteiger partial charge in [0.1, 0.15) is 0 Å². The summed E-state index contributed by atoms with van der Waals surface area (Å²) >= 11 is 0. The van der Waals surface area contributed by atoms with Crippen LogP contribution < -0.4 is 0 Å². The van der Waals surface area contributed by atoms with Crippen molar-refractivity contribution in [1.29, 1.82) is 0 Å². The molecule has 0 amide bonds. The Morgan fingerprint density at radius 2 is 2.29 bits per heavy atom. The summed E-state index contributed by atoms with van der Waals surface area (Å²) in [6, 6.07) is 0. The number of rotatable bonds is 2. The Bertz CT molecular complexity index is 345. The van der Waals surface area contributed by atoms with Crippen LogP contribution in [-0.4, -0.2) is 22.9 Å². The van der Waals surface area contributed by atoms with Gasteiger partial charge in [-0.2, -0.15) is 0 Å². The maximum Gasteiger partial charge on any atom is 0.0658 e. The molecule has 0 radical (unpaired) electrons. The zero-order chi connectivity index (χ0) is 12.6. The van der Waals surface area contributed by atoms with Gasteiger partial charge in [-0.15, -0.1) is 0 Å². The first-order valence-electron chi connectivity index (χ1n) is 6.62. The van der Waals surface area contributed by atoms with Gasteiger partial charge < -0.3 is 10.2 Å². The molecule has 17 heavy (non-hydrogen) atoms. The molecule has 0 aromatic heterocycles. The quantitative estimate of drug-likeness (QED) is 0.724. The maximum atomic E-state index is 10.3. The summed E-state index contributed by atoms with van der Waals surface area (Å²) in [5.74, 6) is 0.875. The molecule has 0 aromatic carbocycles. The van der Waals surface area contributed by atoms with Crippen molar-refractivity contribution in [1.82, 2.24) is 0 Å². The molecule has 4 unspecified atom stereocenters. The molecule has 0 spiro atoms. The highest BCUT2D eigenvalue weighted by Crippen LogP contribution is 2.53. The summed E-state index contributed by atoms with van der Waals surface area (Å²) in [6.07, 6.45) is 5.46. The van der Waals surface area contributed by atoms with Crippen molar-refractivity contribution in [3.63, 3.8) is 0 Å². The summed E-state index contributed by atoms with van der Waals surface area (Å²) in [5, 5.41) is 20.1. The normalized spacial score (nSPS) is 41.6. The Hall–Kier alpha value is -0.600. The number of fused-ring (bicyclic) bond motifs is 1. The highest BCUT2D eigenvalue weighted by atomic mass is 16.3. The van der Waals surface area contributed by atoms with Crippen LogP contribution in [0.1, 0.15) is 39.5 Å². The largest absolute Gasteiger partial charge is 0.396 e. The third kappa shape index (κ3) is 1.98. The molecule has 0 bridgehead atoms. The van der Waals surface area contributed by atoms with Crippen LogP contribution in [0.2, 0.25) is 0 Å². The lowest BCUT2D eigenvalue weighted by Crippen LogP contribution is -2.50. The molecular formula is C15H24O2. The Morgan fingerprint density at radius 1 is 1.59 bits per heavy atom. The molecule has 0 saturated heterocycles. The van der Waals surface area contributed by atoms with Crippen LogP contribution in [-0.2, 0) is 0 Å². The molecule has 96 valence electrons. The van der Waals surface area contributed by atoms with Gasteiger partial charge in [0.2, 0.25) is 0 Å². The first kappa shape index (κ1) is 12.8. The molecule has 0 heterocycles. The summed E-state index contributed by atoms with van der Waals surface area (Å²) in [6.45, 7) is 8.40. The fraction of sp³-hybridized carbons (Fsp3) is 0.733. The fourth-order valence-corrected chi connectivity index (χ4v) is 3.71. The van der Waals surface area contributed by atoms with Gasteiger partial charge in [-0.05, 0) is 51.4 Å². The van der Waals surface area contributed by atoms with Crippen LogP contribution in [0, 0.1) is 17.3 Å². The van der Waals surface area contributed by atoms with E-state index >= 15 is 0 Å². The number of allylic oxidation sites excluding steroid dienone is 2. The number of hydrogen-bond acceptors (Lipinski definition) is 2. The van der Waals surface area contributed by atoms with Crippen LogP contribution in [0.25, 0.3) is 0 Å². The third-order valence-electron chi connectivity index (χ3n) is 5.04. The average Bonchev–Trinajstić information content (AvgIpc) is 2.33. The van der Waals surface area contributed by atoms with Crippen molar-refractivity contribution in [2.45, 2.75) is 45.6 Å². The summed E-state index contributed by atoms with van der Waals surface area (Å²) < 4.78 is 0. The van der Waals surface area contributed by atoms with Gasteiger partial charge in [-0.1, -0.05) is 23.8 Å². The van der Waals surface area contributed by atoms with Crippen LogP contribution in [0.5, 0.6) is 0 Å². The highest BCUT2D eigenvalue weighted by Gasteiger charge is 2.49. The van der Waals surface area contributed by atoms with Crippen molar-refractivity contribution in [2.24, 2.45) is 17.3 Å². The van der Waals surface area contributed by atoms with Crippen LogP contribution in [0.3, 0.4) is 0 Å². The van der Waals surface area contributed by atoms with Crippen molar-refractivity contribution < 1.29 is 10.2 Å². The molecule has 2 aliphatic carbocycles. The molecule has 0 aliphatic heterocycles. The standard InChI is InChI=1S/C15H24O2/c1-10(2)12-6-7-15(9-16)13(8-12)11(3)4-5-14(15)17/h4,12-14,16-17H,1,5-9H2,2-3H3. The van der Waals surface area contributed by atoms with E-state index in [0.717, 1.165) is 19.3 Å². The second-order valence-electron chi connectivity index (χ2n) is 5.96. The summed E-state index contributed by atoms with van der Waals surface area (Å²) in [4.78, 5) is 0. The highest BCUT2D eigenvalue weighted by molar-refractivity contribution is 5.20. The fourth-order valence-electron chi connectivity index (χ4n) is 3.71. The topological polar surface area (TPSA) is 40.5 Å². The minimum Gasteiger partial charge on any atom is -0.396 e. The minimum atomic E-state index is -0.382. The minimum absolute atomic E-state index is 0.104. The summed E-state index contributed by atoms with van der Waals surface area (Å²) in [5.41, 5.74) is 2.30. The molecule has 4 atom stereocenters. The van der Waals surface area contributed by atoms with Crippen LogP contribution >= 0.6 is 0 Å². The van der Waals surface area contributed by atoms with Gasteiger partial charge in [0.05, 0.1) is 12.7 Å². The molecule has 1 fully saturated rings. The van der Waals surface area contributed by atoms with Crippen LogP contribution in [0.4, 0.5) is 0 Å². The van der Waals surface area contributed by atoms with E-state index in [2.05, 4.69) is 26.5 Å². The predicted molar refractivity (Wildman–Crippen MR) is 69.5 cm³/mol. The maximum absolute atomic E-state index is 10.3. The van der Waals surface area contributed by atoms with E-state index in [1.54, 1.807) is 0 Å². The first-order chi connectivity index (χ1) is 8.01. The number of hydrogen-bond donors (Lipinski definition) is 2. The van der Waals surface area contributed by atoms with Crippen molar-refractivity contribution in [2.75, 3.05) is 6.61 Å². The Labute approximate surface area is 104 Å². The van der Waals surface area contributed by atoms with Crippen LogP contribution in [0.15, 0.2) is 23.8 Å². The Morgan fingerprint density at radius 3 is 2.88 bits per heavy atom. The number of aliphatic hydroxyl groups is 2. The van der Waals surface area contributed by atoms with Crippen molar-refractivity contribution in [3.8, 4) is 0 Å².